The van der Waals surface area contributed by atoms with Crippen LogP contribution in [0.15, 0.2) is 24.3 Å². The van der Waals surface area contributed by atoms with Crippen molar-refractivity contribution >= 4 is 15.7 Å². The van der Waals surface area contributed by atoms with Crippen LogP contribution >= 0.6 is 0 Å². The maximum absolute atomic E-state index is 11.2. The molecule has 0 aliphatic carbocycles. The number of sulfonamides is 1. The van der Waals surface area contributed by atoms with E-state index in [4.69, 9.17) is 5.26 Å². The maximum Gasteiger partial charge on any atom is 0.208 e. The van der Waals surface area contributed by atoms with Gasteiger partial charge >= 0.3 is 0 Å². The fraction of sp³-hybridized carbons (Fsp3) is 0.462. The predicted octanol–water partition coefficient (Wildman–Crippen LogP) is 1.08. The molecule has 1 N–H and O–H groups in total. The van der Waals surface area contributed by atoms with Gasteiger partial charge in [-0.1, -0.05) is 0 Å². The number of benzene rings is 1. The molecule has 1 aliphatic rings. The van der Waals surface area contributed by atoms with Gasteiger partial charge in [0.1, 0.15) is 0 Å². The smallest absolute Gasteiger partial charge is 0.208 e. The maximum atomic E-state index is 11.2. The number of nitriles is 1. The molecule has 5 nitrogen and oxygen atoms in total. The number of nitrogens with one attached hydrogen (secondary N) is 1. The van der Waals surface area contributed by atoms with Gasteiger partial charge < -0.3 is 4.90 Å². The standard InChI is InChI=1S/C13H17N3O2S/c1-19(17,18)15-12-6-8-16(9-7-12)13-4-2-11(10-14)3-5-13/h2-5,12,15H,6-9H2,1H3. The summed E-state index contributed by atoms with van der Waals surface area (Å²) in [6, 6.07) is 9.60. The van der Waals surface area contributed by atoms with Gasteiger partial charge in [-0.2, -0.15) is 5.26 Å². The molecule has 0 unspecified atom stereocenters. The number of rotatable bonds is 3. The Labute approximate surface area is 113 Å². The number of anilines is 1. The van der Waals surface area contributed by atoms with Crippen molar-refractivity contribution in [2.45, 2.75) is 18.9 Å². The highest BCUT2D eigenvalue weighted by Crippen LogP contribution is 2.20. The minimum atomic E-state index is -3.12. The number of hydrogen-bond donors (Lipinski definition) is 1. The van der Waals surface area contributed by atoms with Gasteiger partial charge in [-0.05, 0) is 37.1 Å². The van der Waals surface area contributed by atoms with Gasteiger partial charge in [0.05, 0.1) is 17.9 Å². The topological polar surface area (TPSA) is 73.2 Å². The molecule has 1 aromatic carbocycles. The van der Waals surface area contributed by atoms with Crippen molar-refractivity contribution in [3.8, 4) is 6.07 Å². The first-order valence-electron chi connectivity index (χ1n) is 6.20. The lowest BCUT2D eigenvalue weighted by atomic mass is 10.1. The van der Waals surface area contributed by atoms with Crippen LogP contribution in [0.1, 0.15) is 18.4 Å². The van der Waals surface area contributed by atoms with E-state index in [2.05, 4.69) is 15.7 Å². The molecule has 1 heterocycles. The summed E-state index contributed by atoms with van der Waals surface area (Å²) in [5, 5.41) is 8.75. The van der Waals surface area contributed by atoms with E-state index in [0.717, 1.165) is 31.6 Å². The van der Waals surface area contributed by atoms with Crippen molar-refractivity contribution in [1.82, 2.24) is 4.72 Å². The zero-order valence-electron chi connectivity index (χ0n) is 10.8. The summed E-state index contributed by atoms with van der Waals surface area (Å²) in [5.41, 5.74) is 1.73. The lowest BCUT2D eigenvalue weighted by molar-refractivity contribution is 0.462. The molecule has 0 saturated carbocycles. The van der Waals surface area contributed by atoms with Gasteiger partial charge in [0, 0.05) is 24.8 Å². The van der Waals surface area contributed by atoms with Crippen molar-refractivity contribution in [3.05, 3.63) is 29.8 Å². The molecule has 19 heavy (non-hydrogen) atoms. The average Bonchev–Trinajstić information content (AvgIpc) is 2.38. The quantitative estimate of drug-likeness (QED) is 0.898. The van der Waals surface area contributed by atoms with E-state index < -0.39 is 10.0 Å². The molecule has 0 spiro atoms. The summed E-state index contributed by atoms with van der Waals surface area (Å²) in [6.07, 6.45) is 2.79. The van der Waals surface area contributed by atoms with Crippen LogP contribution in [0.4, 0.5) is 5.69 Å². The van der Waals surface area contributed by atoms with E-state index >= 15 is 0 Å². The van der Waals surface area contributed by atoms with Gasteiger partial charge in [-0.25, -0.2) is 13.1 Å². The van der Waals surface area contributed by atoms with Crippen LogP contribution in [0.5, 0.6) is 0 Å². The van der Waals surface area contributed by atoms with E-state index in [9.17, 15) is 8.42 Å². The normalized spacial score (nSPS) is 17.2. The van der Waals surface area contributed by atoms with E-state index in [0.29, 0.717) is 5.56 Å². The molecule has 1 saturated heterocycles. The monoisotopic (exact) mass is 279 g/mol. The Morgan fingerprint density at radius 3 is 2.32 bits per heavy atom. The highest BCUT2D eigenvalue weighted by molar-refractivity contribution is 7.88. The van der Waals surface area contributed by atoms with E-state index in [1.807, 2.05) is 12.1 Å². The van der Waals surface area contributed by atoms with E-state index in [1.54, 1.807) is 12.1 Å². The molecular weight excluding hydrogens is 262 g/mol. The second-order valence-corrected chi connectivity index (χ2v) is 6.59. The number of piperidine rings is 1. The van der Waals surface area contributed by atoms with E-state index in [1.165, 1.54) is 6.26 Å². The third-order valence-electron chi connectivity index (χ3n) is 3.24. The van der Waals surface area contributed by atoms with Crippen LogP contribution in [0, 0.1) is 11.3 Å². The first-order valence-corrected chi connectivity index (χ1v) is 8.09. The molecule has 0 aromatic heterocycles. The van der Waals surface area contributed by atoms with Gasteiger partial charge in [0.15, 0.2) is 0 Å². The molecule has 0 radical (unpaired) electrons. The summed E-state index contributed by atoms with van der Waals surface area (Å²) in [6.45, 7) is 1.64. The minimum Gasteiger partial charge on any atom is -0.371 e. The molecule has 2 rings (SSSR count). The molecule has 6 heteroatoms. The SMILES string of the molecule is CS(=O)(=O)NC1CCN(c2ccc(C#N)cc2)CC1. The van der Waals surface area contributed by atoms with E-state index in [-0.39, 0.29) is 6.04 Å². The van der Waals surface area contributed by atoms with Crippen LogP contribution in [0.25, 0.3) is 0 Å². The van der Waals surface area contributed by atoms with Crippen LogP contribution < -0.4 is 9.62 Å². The minimum absolute atomic E-state index is 0.0321. The van der Waals surface area contributed by atoms with Crippen LogP contribution in [0.2, 0.25) is 0 Å². The van der Waals surface area contributed by atoms with Crippen molar-refractivity contribution in [1.29, 1.82) is 5.26 Å². The summed E-state index contributed by atoms with van der Waals surface area (Å²) in [5.74, 6) is 0. The second kappa shape index (κ2) is 5.59. The summed E-state index contributed by atoms with van der Waals surface area (Å²) >= 11 is 0. The van der Waals surface area contributed by atoms with Gasteiger partial charge in [-0.3, -0.25) is 0 Å². The summed E-state index contributed by atoms with van der Waals surface area (Å²) in [4.78, 5) is 2.21. The van der Waals surface area contributed by atoms with Crippen molar-refractivity contribution in [2.75, 3.05) is 24.2 Å². The predicted molar refractivity (Wildman–Crippen MR) is 74.4 cm³/mol. The Balaban J connectivity index is 1.94. The average molecular weight is 279 g/mol. The van der Waals surface area contributed by atoms with Crippen molar-refractivity contribution in [2.24, 2.45) is 0 Å². The first-order chi connectivity index (χ1) is 8.98. The highest BCUT2D eigenvalue weighted by Gasteiger charge is 2.21. The summed E-state index contributed by atoms with van der Waals surface area (Å²) in [7, 11) is -3.12. The third-order valence-corrected chi connectivity index (χ3v) is 4.00. The largest absolute Gasteiger partial charge is 0.371 e. The molecule has 1 aliphatic heterocycles. The fourth-order valence-corrected chi connectivity index (χ4v) is 3.15. The first kappa shape index (κ1) is 13.8. The molecule has 1 fully saturated rings. The zero-order valence-corrected chi connectivity index (χ0v) is 11.7. The van der Waals surface area contributed by atoms with Crippen molar-refractivity contribution < 1.29 is 8.42 Å². The third kappa shape index (κ3) is 3.94. The Morgan fingerprint density at radius 1 is 1.26 bits per heavy atom. The van der Waals surface area contributed by atoms with Crippen LogP contribution in [-0.2, 0) is 10.0 Å². The molecule has 1 aromatic rings. The Kier molecular flexibility index (Phi) is 4.08. The van der Waals surface area contributed by atoms with Crippen molar-refractivity contribution in [3.63, 3.8) is 0 Å². The molecule has 0 atom stereocenters. The fourth-order valence-electron chi connectivity index (χ4n) is 2.31. The van der Waals surface area contributed by atoms with Crippen LogP contribution in [0.3, 0.4) is 0 Å². The van der Waals surface area contributed by atoms with Gasteiger partial charge in [-0.15, -0.1) is 0 Å². The van der Waals surface area contributed by atoms with Crippen LogP contribution in [-0.4, -0.2) is 33.8 Å². The highest BCUT2D eigenvalue weighted by atomic mass is 32.2. The molecule has 102 valence electrons. The molecule has 0 bridgehead atoms. The molecule has 0 amide bonds. The Morgan fingerprint density at radius 2 is 1.84 bits per heavy atom. The number of hydrogen-bond acceptors (Lipinski definition) is 4. The lowest BCUT2D eigenvalue weighted by Gasteiger charge is -2.33. The Hall–Kier alpha value is -1.58. The van der Waals surface area contributed by atoms with Gasteiger partial charge in [0.2, 0.25) is 10.0 Å². The second-order valence-electron chi connectivity index (χ2n) is 4.81. The van der Waals surface area contributed by atoms with Gasteiger partial charge in [0.25, 0.3) is 0 Å². The lowest BCUT2D eigenvalue weighted by Crippen LogP contribution is -2.44. The summed E-state index contributed by atoms with van der Waals surface area (Å²) < 4.78 is 25.0. The Bertz CT molecular complexity index is 567. The molecular formula is C13H17N3O2S. The zero-order chi connectivity index (χ0) is 13.9. The number of nitrogens with zero attached hydrogens (tertiary/aromatic N) is 2.